The molecule has 0 aliphatic carbocycles. The normalized spacial score (nSPS) is 19.1. The van der Waals surface area contributed by atoms with E-state index in [2.05, 4.69) is 0 Å². The lowest BCUT2D eigenvalue weighted by Gasteiger charge is -2.38. The first-order valence-corrected chi connectivity index (χ1v) is 4.66. The van der Waals surface area contributed by atoms with Crippen molar-refractivity contribution < 1.29 is 43.9 Å². The molecule has 0 aliphatic rings. The van der Waals surface area contributed by atoms with Crippen molar-refractivity contribution in [1.82, 2.24) is 0 Å². The van der Waals surface area contributed by atoms with Crippen molar-refractivity contribution in [3.05, 3.63) is 0 Å². The SMILES string of the molecule is CC(I)(C(F)(F)F)C(F)(F)C(F)(F)C(F)(F)F. The molecule has 11 heteroatoms. The van der Waals surface area contributed by atoms with Crippen LogP contribution in [0.5, 0.6) is 0 Å². The molecule has 1 atom stereocenters. The first-order valence-electron chi connectivity index (χ1n) is 3.58. The van der Waals surface area contributed by atoms with Gasteiger partial charge in [0.25, 0.3) is 0 Å². The molecule has 0 aromatic heterocycles. The van der Waals surface area contributed by atoms with E-state index in [-0.39, 0.29) is 22.6 Å². The minimum Gasteiger partial charge on any atom is -0.198 e. The largest absolute Gasteiger partial charge is 0.459 e. The summed E-state index contributed by atoms with van der Waals surface area (Å²) in [6.07, 6.45) is -12.7. The summed E-state index contributed by atoms with van der Waals surface area (Å²) in [7, 11) is 0. The molecule has 0 bridgehead atoms. The smallest absolute Gasteiger partial charge is 0.198 e. The Labute approximate surface area is 101 Å². The maximum absolute atomic E-state index is 12.8. The first-order chi connectivity index (χ1) is 7.00. The van der Waals surface area contributed by atoms with Gasteiger partial charge in [0.05, 0.1) is 0 Å². The van der Waals surface area contributed by atoms with E-state index in [1.54, 1.807) is 0 Å². The highest BCUT2D eigenvalue weighted by Gasteiger charge is 2.83. The molecule has 0 heterocycles. The predicted molar refractivity (Wildman–Crippen MR) is 44.4 cm³/mol. The van der Waals surface area contributed by atoms with Crippen molar-refractivity contribution >= 4 is 22.6 Å². The van der Waals surface area contributed by atoms with E-state index in [1.165, 1.54) is 0 Å². The summed E-state index contributed by atoms with van der Waals surface area (Å²) in [6.45, 7) is -0.437. The van der Waals surface area contributed by atoms with Gasteiger partial charge in [0.1, 0.15) is 0 Å². The molecule has 0 amide bonds. The van der Waals surface area contributed by atoms with Crippen LogP contribution in [0.2, 0.25) is 0 Å². The van der Waals surface area contributed by atoms with Gasteiger partial charge in [-0.3, -0.25) is 0 Å². The lowest BCUT2D eigenvalue weighted by molar-refractivity contribution is -0.374. The Morgan fingerprint density at radius 2 is 0.882 bits per heavy atom. The van der Waals surface area contributed by atoms with E-state index >= 15 is 0 Å². The Balaban J connectivity index is 5.73. The van der Waals surface area contributed by atoms with Crippen molar-refractivity contribution in [2.45, 2.75) is 34.5 Å². The van der Waals surface area contributed by atoms with Gasteiger partial charge in [0.2, 0.25) is 0 Å². The van der Waals surface area contributed by atoms with Crippen molar-refractivity contribution in [3.8, 4) is 0 Å². The maximum Gasteiger partial charge on any atom is 0.459 e. The van der Waals surface area contributed by atoms with E-state index in [4.69, 9.17) is 0 Å². The zero-order chi connectivity index (χ0) is 14.5. The second kappa shape index (κ2) is 4.02. The minimum atomic E-state index is -6.79. The molecule has 0 fully saturated rings. The Morgan fingerprint density at radius 3 is 1.06 bits per heavy atom. The molecule has 0 aromatic rings. The number of rotatable bonds is 2. The fourth-order valence-electron chi connectivity index (χ4n) is 0.651. The van der Waals surface area contributed by atoms with Gasteiger partial charge in [0.15, 0.2) is 3.42 Å². The van der Waals surface area contributed by atoms with Gasteiger partial charge in [-0.2, -0.15) is 43.9 Å². The number of halogens is 11. The fraction of sp³-hybridized carbons (Fsp3) is 1.00. The lowest BCUT2D eigenvalue weighted by Crippen LogP contribution is -2.65. The summed E-state index contributed by atoms with van der Waals surface area (Å²) in [5, 5.41) is 0. The van der Waals surface area contributed by atoms with Crippen LogP contribution in [0.3, 0.4) is 0 Å². The Morgan fingerprint density at radius 1 is 0.588 bits per heavy atom. The van der Waals surface area contributed by atoms with E-state index < -0.39 is 34.5 Å². The Bertz CT molecular complexity index is 256. The third-order valence-electron chi connectivity index (χ3n) is 1.87. The van der Waals surface area contributed by atoms with E-state index in [0.717, 1.165) is 0 Å². The van der Waals surface area contributed by atoms with E-state index in [1.807, 2.05) is 0 Å². The summed E-state index contributed by atoms with van der Waals surface area (Å²) < 4.78 is 117. The average molecular weight is 392 g/mol. The van der Waals surface area contributed by atoms with Crippen LogP contribution < -0.4 is 0 Å². The van der Waals surface area contributed by atoms with Gasteiger partial charge < -0.3 is 0 Å². The molecule has 0 radical (unpaired) electrons. The zero-order valence-electron chi connectivity index (χ0n) is 7.66. The number of hydrogen-bond acceptors (Lipinski definition) is 0. The molecular weight excluding hydrogens is 389 g/mol. The summed E-state index contributed by atoms with van der Waals surface area (Å²) in [5.41, 5.74) is 0. The predicted octanol–water partition coefficient (Wildman–Crippen LogP) is 4.58. The zero-order valence-corrected chi connectivity index (χ0v) is 9.82. The molecule has 0 aliphatic heterocycles. The Hall–Kier alpha value is 0.0300. The monoisotopic (exact) mass is 392 g/mol. The van der Waals surface area contributed by atoms with Crippen LogP contribution in [0.15, 0.2) is 0 Å². The Kier molecular flexibility index (Phi) is 4.02. The van der Waals surface area contributed by atoms with E-state index in [0.29, 0.717) is 0 Å². The van der Waals surface area contributed by atoms with Crippen LogP contribution in [-0.2, 0) is 0 Å². The first kappa shape index (κ1) is 17.0. The lowest BCUT2D eigenvalue weighted by atomic mass is 9.96. The standard InChI is InChI=1S/C6H3F10I/c1-2(17,5(11,12)13)3(7,8)4(9,10)6(14,15)16/h1H3. The van der Waals surface area contributed by atoms with Crippen LogP contribution in [0, 0.1) is 0 Å². The third kappa shape index (κ3) is 2.43. The van der Waals surface area contributed by atoms with Gasteiger partial charge in [-0.15, -0.1) is 0 Å². The molecule has 0 saturated heterocycles. The minimum absolute atomic E-state index is 0.165. The van der Waals surface area contributed by atoms with Gasteiger partial charge in [-0.05, 0) is 6.92 Å². The quantitative estimate of drug-likeness (QED) is 0.367. The summed E-state index contributed by atoms with van der Waals surface area (Å²) in [6, 6.07) is 0. The van der Waals surface area contributed by atoms with Crippen molar-refractivity contribution in [1.29, 1.82) is 0 Å². The highest BCUT2D eigenvalue weighted by atomic mass is 127. The van der Waals surface area contributed by atoms with Gasteiger partial charge in [0, 0.05) is 0 Å². The van der Waals surface area contributed by atoms with Crippen LogP contribution >= 0.6 is 22.6 Å². The molecular formula is C6H3F10I. The van der Waals surface area contributed by atoms with E-state index in [9.17, 15) is 43.9 Å². The molecule has 0 rings (SSSR count). The topological polar surface area (TPSA) is 0 Å². The molecule has 0 aromatic carbocycles. The number of hydrogen-bond donors (Lipinski definition) is 0. The van der Waals surface area contributed by atoms with Crippen LogP contribution in [0.25, 0.3) is 0 Å². The second-order valence-electron chi connectivity index (χ2n) is 3.15. The molecule has 0 spiro atoms. The van der Waals surface area contributed by atoms with Gasteiger partial charge in [-0.25, -0.2) is 0 Å². The molecule has 0 saturated carbocycles. The van der Waals surface area contributed by atoms with Crippen molar-refractivity contribution in [2.24, 2.45) is 0 Å². The third-order valence-corrected chi connectivity index (χ3v) is 3.16. The van der Waals surface area contributed by atoms with Crippen LogP contribution in [-0.4, -0.2) is 27.6 Å². The van der Waals surface area contributed by atoms with Crippen molar-refractivity contribution in [3.63, 3.8) is 0 Å². The van der Waals surface area contributed by atoms with Crippen molar-refractivity contribution in [2.75, 3.05) is 0 Å². The van der Waals surface area contributed by atoms with Gasteiger partial charge >= 0.3 is 24.2 Å². The molecule has 104 valence electrons. The maximum atomic E-state index is 12.8. The fourth-order valence-corrected chi connectivity index (χ4v) is 0.990. The molecule has 1 unspecified atom stereocenters. The molecule has 17 heavy (non-hydrogen) atoms. The van der Waals surface area contributed by atoms with Crippen LogP contribution in [0.1, 0.15) is 6.92 Å². The molecule has 0 nitrogen and oxygen atoms in total. The highest BCUT2D eigenvalue weighted by molar-refractivity contribution is 14.1. The van der Waals surface area contributed by atoms with Crippen LogP contribution in [0.4, 0.5) is 43.9 Å². The highest BCUT2D eigenvalue weighted by Crippen LogP contribution is 2.58. The number of alkyl halides is 11. The van der Waals surface area contributed by atoms with Gasteiger partial charge in [-0.1, -0.05) is 22.6 Å². The average Bonchev–Trinajstić information content (AvgIpc) is 1.98. The summed E-state index contributed by atoms with van der Waals surface area (Å²) in [5.74, 6) is -13.1. The summed E-state index contributed by atoms with van der Waals surface area (Å²) >= 11 is -0.165. The summed E-state index contributed by atoms with van der Waals surface area (Å²) in [4.78, 5) is 0. The molecule has 0 N–H and O–H groups in total. The second-order valence-corrected chi connectivity index (χ2v) is 5.30.